The Morgan fingerprint density at radius 2 is 1.74 bits per heavy atom. The van der Waals surface area contributed by atoms with Crippen LogP contribution >= 0.6 is 15.9 Å². The van der Waals surface area contributed by atoms with Crippen LogP contribution in [0.1, 0.15) is 46.7 Å². The third-order valence-electron chi connectivity index (χ3n) is 4.90. The molecule has 1 amide bonds. The average molecular weight is 435 g/mol. The molecule has 0 fully saturated rings. The lowest BCUT2D eigenvalue weighted by Gasteiger charge is -2.20. The van der Waals surface area contributed by atoms with Crippen molar-refractivity contribution < 1.29 is 9.53 Å². The molecule has 0 saturated heterocycles. The number of anilines is 1. The summed E-state index contributed by atoms with van der Waals surface area (Å²) in [5, 5.41) is 3.00. The molecule has 0 aliphatic rings. The van der Waals surface area contributed by atoms with Gasteiger partial charge in [-0.15, -0.1) is 0 Å². The van der Waals surface area contributed by atoms with Crippen LogP contribution in [-0.2, 0) is 24.1 Å². The normalized spacial score (nSPS) is 10.9. The van der Waals surface area contributed by atoms with Gasteiger partial charge in [-0.25, -0.2) is 0 Å². The van der Waals surface area contributed by atoms with E-state index in [1.54, 1.807) is 14.0 Å². The van der Waals surface area contributed by atoms with Crippen molar-refractivity contribution in [2.45, 2.75) is 47.1 Å². The molecule has 6 heteroatoms. The number of benzene rings is 1. The fourth-order valence-corrected chi connectivity index (χ4v) is 3.72. The summed E-state index contributed by atoms with van der Waals surface area (Å²) in [6, 6.07) is 6.01. The number of carbonyl (C=O) groups excluding carboxylic acids is 1. The topological polar surface area (TPSA) is 60.3 Å². The number of rotatable bonds is 7. The lowest BCUT2D eigenvalue weighted by Crippen LogP contribution is -2.29. The van der Waals surface area contributed by atoms with Gasteiger partial charge in [-0.05, 0) is 53.7 Å². The number of carbonyl (C=O) groups is 1. The number of hydrogen-bond acceptors (Lipinski definition) is 3. The summed E-state index contributed by atoms with van der Waals surface area (Å²) in [7, 11) is 1.63. The Morgan fingerprint density at radius 3 is 2.26 bits per heavy atom. The van der Waals surface area contributed by atoms with Crippen LogP contribution in [-0.4, -0.2) is 24.2 Å². The van der Waals surface area contributed by atoms with Crippen LogP contribution in [0.3, 0.4) is 0 Å². The van der Waals surface area contributed by atoms with E-state index in [-0.39, 0.29) is 16.9 Å². The summed E-state index contributed by atoms with van der Waals surface area (Å²) in [5.41, 5.74) is 4.24. The van der Waals surface area contributed by atoms with Crippen molar-refractivity contribution in [3.8, 4) is 0 Å². The molecule has 0 unspecified atom stereocenters. The molecule has 146 valence electrons. The van der Waals surface area contributed by atoms with Crippen molar-refractivity contribution in [1.29, 1.82) is 0 Å². The monoisotopic (exact) mass is 434 g/mol. The van der Waals surface area contributed by atoms with Gasteiger partial charge in [0.05, 0.1) is 11.1 Å². The molecule has 0 radical (unpaired) electrons. The van der Waals surface area contributed by atoms with E-state index in [0.717, 1.165) is 35.3 Å². The minimum atomic E-state index is -0.375. The first kappa shape index (κ1) is 21.4. The van der Waals surface area contributed by atoms with Crippen molar-refractivity contribution >= 4 is 27.5 Å². The fourth-order valence-electron chi connectivity index (χ4n) is 3.31. The van der Waals surface area contributed by atoms with Crippen molar-refractivity contribution in [2.24, 2.45) is 0 Å². The average Bonchev–Trinajstić information content (AvgIpc) is 2.66. The molecule has 1 aromatic carbocycles. The summed E-state index contributed by atoms with van der Waals surface area (Å²) >= 11 is 3.36. The van der Waals surface area contributed by atoms with Gasteiger partial charge in [0.2, 0.25) is 5.43 Å². The van der Waals surface area contributed by atoms with Crippen LogP contribution in [0.25, 0.3) is 0 Å². The first-order chi connectivity index (χ1) is 12.9. The number of para-hydroxylation sites is 1. The predicted molar refractivity (Wildman–Crippen MR) is 113 cm³/mol. The van der Waals surface area contributed by atoms with Crippen molar-refractivity contribution in [3.63, 3.8) is 0 Å². The number of aromatic nitrogens is 1. The lowest BCUT2D eigenvalue weighted by molar-refractivity contribution is 0.102. The minimum absolute atomic E-state index is 0.163. The number of ether oxygens (including phenoxy) is 1. The van der Waals surface area contributed by atoms with Crippen LogP contribution in [0.2, 0.25) is 0 Å². The summed E-state index contributed by atoms with van der Waals surface area (Å²) in [5.74, 6) is -0.375. The third-order valence-corrected chi connectivity index (χ3v) is 5.83. The first-order valence-electron chi connectivity index (χ1n) is 9.17. The molecule has 0 bridgehead atoms. The van der Waals surface area contributed by atoms with Crippen LogP contribution in [0.4, 0.5) is 5.69 Å². The second kappa shape index (κ2) is 9.33. The van der Waals surface area contributed by atoms with E-state index in [9.17, 15) is 9.59 Å². The molecule has 0 saturated carbocycles. The number of pyridine rings is 1. The SMILES string of the molecule is CCc1cccc(CC)c1NC(=O)c1c(C)n(CCOC)c(C)c(Br)c1=O. The highest BCUT2D eigenvalue weighted by molar-refractivity contribution is 9.10. The maximum atomic E-state index is 13.1. The standard InChI is InChI=1S/C21H27BrN2O3/c1-6-15-9-8-10-16(7-2)19(15)23-21(26)17-13(3)24(11-12-27-5)14(4)18(22)20(17)25/h8-10H,6-7,11-12H2,1-5H3,(H,23,26). The fraction of sp³-hybridized carbons (Fsp3) is 0.429. The Kier molecular flexibility index (Phi) is 7.39. The molecular formula is C21H27BrN2O3. The Balaban J connectivity index is 2.55. The zero-order valence-electron chi connectivity index (χ0n) is 16.6. The molecule has 1 aromatic heterocycles. The Hall–Kier alpha value is -1.92. The zero-order chi connectivity index (χ0) is 20.1. The molecular weight excluding hydrogens is 408 g/mol. The predicted octanol–water partition coefficient (Wildman–Crippen LogP) is 4.25. The van der Waals surface area contributed by atoms with Gasteiger partial charge in [-0.1, -0.05) is 32.0 Å². The molecule has 0 aliphatic heterocycles. The van der Waals surface area contributed by atoms with Crippen LogP contribution in [0.5, 0.6) is 0 Å². The zero-order valence-corrected chi connectivity index (χ0v) is 18.2. The van der Waals surface area contributed by atoms with Crippen molar-refractivity contribution in [3.05, 3.63) is 61.0 Å². The molecule has 0 spiro atoms. The summed E-state index contributed by atoms with van der Waals surface area (Å²) in [4.78, 5) is 25.9. The van der Waals surface area contributed by atoms with Gasteiger partial charge in [0, 0.05) is 30.7 Å². The maximum Gasteiger partial charge on any atom is 0.261 e. The van der Waals surface area contributed by atoms with Gasteiger partial charge in [0.15, 0.2) is 0 Å². The van der Waals surface area contributed by atoms with E-state index in [0.29, 0.717) is 23.3 Å². The smallest absolute Gasteiger partial charge is 0.261 e. The van der Waals surface area contributed by atoms with Gasteiger partial charge in [-0.3, -0.25) is 9.59 Å². The van der Waals surface area contributed by atoms with E-state index in [4.69, 9.17) is 4.74 Å². The molecule has 2 rings (SSSR count). The third kappa shape index (κ3) is 4.33. The number of nitrogens with zero attached hydrogens (tertiary/aromatic N) is 1. The van der Waals surface area contributed by atoms with E-state index in [2.05, 4.69) is 35.1 Å². The van der Waals surface area contributed by atoms with Gasteiger partial charge in [0.1, 0.15) is 5.56 Å². The Labute approximate surface area is 168 Å². The van der Waals surface area contributed by atoms with Crippen LogP contribution < -0.4 is 10.7 Å². The second-order valence-corrected chi connectivity index (χ2v) is 7.24. The number of methoxy groups -OCH3 is 1. The highest BCUT2D eigenvalue weighted by atomic mass is 79.9. The Morgan fingerprint density at radius 1 is 1.15 bits per heavy atom. The van der Waals surface area contributed by atoms with Crippen molar-refractivity contribution in [2.75, 3.05) is 19.0 Å². The maximum absolute atomic E-state index is 13.1. The lowest BCUT2D eigenvalue weighted by atomic mass is 10.0. The van der Waals surface area contributed by atoms with E-state index < -0.39 is 0 Å². The van der Waals surface area contributed by atoms with E-state index in [1.165, 1.54) is 0 Å². The summed E-state index contributed by atoms with van der Waals surface area (Å²) in [6.45, 7) is 8.83. The largest absolute Gasteiger partial charge is 0.383 e. The van der Waals surface area contributed by atoms with Gasteiger partial charge < -0.3 is 14.6 Å². The van der Waals surface area contributed by atoms with E-state index >= 15 is 0 Å². The van der Waals surface area contributed by atoms with Gasteiger partial charge in [0.25, 0.3) is 5.91 Å². The first-order valence-corrected chi connectivity index (χ1v) is 9.97. The molecule has 27 heavy (non-hydrogen) atoms. The van der Waals surface area contributed by atoms with Crippen molar-refractivity contribution in [1.82, 2.24) is 4.57 Å². The van der Waals surface area contributed by atoms with Gasteiger partial charge >= 0.3 is 0 Å². The second-order valence-electron chi connectivity index (χ2n) is 6.45. The highest BCUT2D eigenvalue weighted by Crippen LogP contribution is 2.24. The molecule has 0 atom stereocenters. The highest BCUT2D eigenvalue weighted by Gasteiger charge is 2.22. The number of aryl methyl sites for hydroxylation is 2. The quantitative estimate of drug-likeness (QED) is 0.708. The summed E-state index contributed by atoms with van der Waals surface area (Å²) < 4.78 is 7.52. The number of amides is 1. The van der Waals surface area contributed by atoms with Crippen LogP contribution in [0, 0.1) is 13.8 Å². The number of halogens is 1. The molecule has 0 aliphatic carbocycles. The minimum Gasteiger partial charge on any atom is -0.383 e. The van der Waals surface area contributed by atoms with Gasteiger partial charge in [-0.2, -0.15) is 0 Å². The number of nitrogens with one attached hydrogen (secondary N) is 1. The Bertz CT molecular complexity index is 881. The van der Waals surface area contributed by atoms with Crippen LogP contribution in [0.15, 0.2) is 27.5 Å². The molecule has 1 N–H and O–H groups in total. The molecule has 5 nitrogen and oxygen atoms in total. The number of hydrogen-bond donors (Lipinski definition) is 1. The molecule has 2 aromatic rings. The molecule has 1 heterocycles. The summed E-state index contributed by atoms with van der Waals surface area (Å²) in [6.07, 6.45) is 1.61. The van der Waals surface area contributed by atoms with E-state index in [1.807, 2.05) is 29.7 Å².